The maximum Gasteiger partial charge on any atom is 0.352 e. The fraction of sp³-hybridized carbons (Fsp3) is 0.188. The van der Waals surface area contributed by atoms with Crippen LogP contribution >= 0.6 is 0 Å². The Morgan fingerprint density at radius 3 is 2.62 bits per heavy atom. The highest BCUT2D eigenvalue weighted by Crippen LogP contribution is 2.21. The second-order valence-corrected chi connectivity index (χ2v) is 5.31. The molecule has 0 amide bonds. The summed E-state index contributed by atoms with van der Waals surface area (Å²) < 4.78 is 11.8. The van der Waals surface area contributed by atoms with Gasteiger partial charge in [-0.1, -0.05) is 0 Å². The zero-order valence-corrected chi connectivity index (χ0v) is 13.6. The first-order valence-corrected chi connectivity index (χ1v) is 7.18. The maximum absolute atomic E-state index is 12.2. The Balaban J connectivity index is 2.19. The molecule has 3 rings (SSSR count). The normalized spacial score (nSPS) is 11.3. The Hall–Kier alpha value is -3.29. The van der Waals surface area contributed by atoms with Gasteiger partial charge < -0.3 is 19.8 Å². The summed E-state index contributed by atoms with van der Waals surface area (Å²) in [5.41, 5.74) is 6.33. The second kappa shape index (κ2) is 6.07. The third kappa shape index (κ3) is 2.81. The molecule has 0 radical (unpaired) electrons. The number of hydrogen-bond acceptors (Lipinski definition) is 7. The van der Waals surface area contributed by atoms with Gasteiger partial charge in [-0.05, 0) is 24.3 Å². The van der Waals surface area contributed by atoms with Gasteiger partial charge in [0.2, 0.25) is 5.89 Å². The second-order valence-electron chi connectivity index (χ2n) is 5.31. The molecule has 0 bridgehead atoms. The van der Waals surface area contributed by atoms with E-state index >= 15 is 0 Å². The molecule has 124 valence electrons. The van der Waals surface area contributed by atoms with E-state index in [2.05, 4.69) is 10.1 Å². The quantitative estimate of drug-likeness (QED) is 0.775. The fourth-order valence-electron chi connectivity index (χ4n) is 2.19. The molecule has 0 aliphatic rings. The van der Waals surface area contributed by atoms with Gasteiger partial charge in [-0.2, -0.15) is 4.98 Å². The summed E-state index contributed by atoms with van der Waals surface area (Å²) in [5.74, 6) is 0.964. The van der Waals surface area contributed by atoms with Crippen LogP contribution in [-0.4, -0.2) is 40.9 Å². The highest BCUT2D eigenvalue weighted by Gasteiger charge is 2.17. The molecule has 0 aliphatic carbocycles. The first-order chi connectivity index (χ1) is 11.5. The van der Waals surface area contributed by atoms with Crippen molar-refractivity contribution in [3.05, 3.63) is 46.8 Å². The van der Waals surface area contributed by atoms with Gasteiger partial charge in [0.1, 0.15) is 11.1 Å². The number of nitrogen functional groups attached to an aromatic ring is 1. The van der Waals surface area contributed by atoms with Gasteiger partial charge in [0.15, 0.2) is 11.5 Å². The standard InChI is InChI=1S/C16H17N5O3/c1-20(2)9-8-12-18-15-13(16(22)24-12)14(17)19-21(15)10-4-6-11(23-3)7-5-10/h4-9H,1-3H3,(H2,17,19)/b9-8+. The minimum atomic E-state index is -0.573. The smallest absolute Gasteiger partial charge is 0.352 e. The summed E-state index contributed by atoms with van der Waals surface area (Å²) >= 11 is 0. The zero-order valence-electron chi connectivity index (χ0n) is 13.6. The van der Waals surface area contributed by atoms with Gasteiger partial charge in [0.05, 0.1) is 12.8 Å². The van der Waals surface area contributed by atoms with Crippen LogP contribution in [-0.2, 0) is 0 Å². The van der Waals surface area contributed by atoms with Gasteiger partial charge in [-0.25, -0.2) is 9.48 Å². The molecule has 0 atom stereocenters. The van der Waals surface area contributed by atoms with E-state index in [0.717, 1.165) is 0 Å². The SMILES string of the molecule is COc1ccc(-n2nc(N)c3c(=O)oc(/C=C/N(C)C)nc32)cc1. The van der Waals surface area contributed by atoms with Gasteiger partial charge in [0.25, 0.3) is 0 Å². The maximum atomic E-state index is 12.2. The van der Waals surface area contributed by atoms with Crippen molar-refractivity contribution in [2.24, 2.45) is 0 Å². The third-order valence-electron chi connectivity index (χ3n) is 3.34. The topological polar surface area (TPSA) is 99.4 Å². The largest absolute Gasteiger partial charge is 0.497 e. The van der Waals surface area contributed by atoms with E-state index < -0.39 is 5.63 Å². The molecule has 0 fully saturated rings. The number of ether oxygens (including phenoxy) is 1. The molecule has 0 unspecified atom stereocenters. The molecule has 1 aromatic carbocycles. The van der Waals surface area contributed by atoms with Gasteiger partial charge in [-0.3, -0.25) is 0 Å². The van der Waals surface area contributed by atoms with Crippen LogP contribution in [0.15, 0.2) is 39.7 Å². The van der Waals surface area contributed by atoms with Crippen molar-refractivity contribution in [1.82, 2.24) is 19.7 Å². The highest BCUT2D eigenvalue weighted by atomic mass is 16.5. The number of nitrogens with zero attached hydrogens (tertiary/aromatic N) is 4. The molecule has 0 aliphatic heterocycles. The van der Waals surface area contributed by atoms with Crippen molar-refractivity contribution in [2.75, 3.05) is 26.9 Å². The van der Waals surface area contributed by atoms with E-state index in [1.54, 1.807) is 48.6 Å². The lowest BCUT2D eigenvalue weighted by atomic mass is 10.3. The third-order valence-corrected chi connectivity index (χ3v) is 3.34. The van der Waals surface area contributed by atoms with E-state index in [1.165, 1.54) is 4.68 Å². The molecule has 8 nitrogen and oxygen atoms in total. The minimum absolute atomic E-state index is 0.0743. The predicted octanol–water partition coefficient (Wildman–Crippen LogP) is 1.50. The number of benzene rings is 1. The van der Waals surface area contributed by atoms with Crippen LogP contribution in [0.1, 0.15) is 5.89 Å². The van der Waals surface area contributed by atoms with Crippen molar-refractivity contribution in [1.29, 1.82) is 0 Å². The molecule has 3 aromatic rings. The summed E-state index contributed by atoms with van der Waals surface area (Å²) in [5, 5.41) is 4.37. The van der Waals surface area contributed by atoms with E-state index in [9.17, 15) is 4.79 Å². The molecule has 2 N–H and O–H groups in total. The first-order valence-electron chi connectivity index (χ1n) is 7.18. The molecule has 8 heteroatoms. The Morgan fingerprint density at radius 1 is 1.29 bits per heavy atom. The number of hydrogen-bond donors (Lipinski definition) is 1. The molecule has 0 saturated heterocycles. The van der Waals surface area contributed by atoms with Crippen LogP contribution < -0.4 is 16.1 Å². The van der Waals surface area contributed by atoms with Crippen LogP contribution in [0, 0.1) is 0 Å². The van der Waals surface area contributed by atoms with Crippen molar-refractivity contribution in [2.45, 2.75) is 0 Å². The van der Waals surface area contributed by atoms with Crippen molar-refractivity contribution < 1.29 is 9.15 Å². The van der Waals surface area contributed by atoms with E-state index in [0.29, 0.717) is 17.1 Å². The van der Waals surface area contributed by atoms with Crippen LogP contribution in [0.25, 0.3) is 22.8 Å². The number of rotatable bonds is 4. The molecular formula is C16H17N5O3. The average molecular weight is 327 g/mol. The average Bonchev–Trinajstić information content (AvgIpc) is 2.90. The minimum Gasteiger partial charge on any atom is -0.497 e. The Morgan fingerprint density at radius 2 is 2.00 bits per heavy atom. The van der Waals surface area contributed by atoms with Crippen LogP contribution in [0.3, 0.4) is 0 Å². The van der Waals surface area contributed by atoms with E-state index in [-0.39, 0.29) is 17.1 Å². The molecular weight excluding hydrogens is 310 g/mol. The summed E-state index contributed by atoms with van der Waals surface area (Å²) in [6.07, 6.45) is 3.33. The van der Waals surface area contributed by atoms with E-state index in [4.69, 9.17) is 14.9 Å². The van der Waals surface area contributed by atoms with Gasteiger partial charge >= 0.3 is 5.63 Å². The van der Waals surface area contributed by atoms with Crippen molar-refractivity contribution in [3.8, 4) is 11.4 Å². The fourth-order valence-corrected chi connectivity index (χ4v) is 2.19. The number of nitrogens with two attached hydrogens (primary N) is 1. The van der Waals surface area contributed by atoms with Crippen LogP contribution in [0.2, 0.25) is 0 Å². The Kier molecular flexibility index (Phi) is 3.95. The monoisotopic (exact) mass is 327 g/mol. The number of fused-ring (bicyclic) bond motifs is 1. The molecule has 0 saturated carbocycles. The molecule has 2 aromatic heterocycles. The van der Waals surface area contributed by atoms with Gasteiger partial charge in [0, 0.05) is 26.4 Å². The predicted molar refractivity (Wildman–Crippen MR) is 91.1 cm³/mol. The molecule has 0 spiro atoms. The summed E-state index contributed by atoms with van der Waals surface area (Å²) in [6.45, 7) is 0. The van der Waals surface area contributed by atoms with Crippen LogP contribution in [0.4, 0.5) is 5.82 Å². The molecule has 2 heterocycles. The first kappa shape index (κ1) is 15.6. The highest BCUT2D eigenvalue weighted by molar-refractivity contribution is 5.86. The lowest BCUT2D eigenvalue weighted by Gasteiger charge is -2.05. The number of methoxy groups -OCH3 is 1. The summed E-state index contributed by atoms with van der Waals surface area (Å²) in [7, 11) is 5.30. The summed E-state index contributed by atoms with van der Waals surface area (Å²) in [6, 6.07) is 7.18. The van der Waals surface area contributed by atoms with E-state index in [1.807, 2.05) is 14.1 Å². The number of anilines is 1. The lowest BCUT2D eigenvalue weighted by molar-refractivity contribution is 0.414. The zero-order chi connectivity index (χ0) is 17.3. The number of aromatic nitrogens is 3. The summed E-state index contributed by atoms with van der Waals surface area (Å²) in [4.78, 5) is 18.4. The lowest BCUT2D eigenvalue weighted by Crippen LogP contribution is -2.06. The Labute approximate surface area is 137 Å². The van der Waals surface area contributed by atoms with Crippen molar-refractivity contribution in [3.63, 3.8) is 0 Å². The van der Waals surface area contributed by atoms with Crippen LogP contribution in [0.5, 0.6) is 5.75 Å². The Bertz CT molecular complexity index is 954. The van der Waals surface area contributed by atoms with Gasteiger partial charge in [-0.15, -0.1) is 5.10 Å². The molecule has 24 heavy (non-hydrogen) atoms. The van der Waals surface area contributed by atoms with Crippen molar-refractivity contribution >= 4 is 22.9 Å².